The predicted octanol–water partition coefficient (Wildman–Crippen LogP) is 0.208. The fourth-order valence-corrected chi connectivity index (χ4v) is 3.90. The van der Waals surface area contributed by atoms with E-state index in [-0.39, 0.29) is 11.5 Å². The zero-order chi connectivity index (χ0) is 10.8. The Kier molecular flexibility index (Phi) is 2.99. The Morgan fingerprint density at radius 2 is 2.21 bits per heavy atom. The van der Waals surface area contributed by atoms with Gasteiger partial charge in [0, 0.05) is 6.54 Å². The highest BCUT2D eigenvalue weighted by atomic mass is 32.2. The molecular weight excluding hydrogens is 202 g/mol. The quantitative estimate of drug-likeness (QED) is 0.499. The summed E-state index contributed by atoms with van der Waals surface area (Å²) in [5.41, 5.74) is -0.547. The number of sulfone groups is 1. The molecule has 1 amide bonds. The summed E-state index contributed by atoms with van der Waals surface area (Å²) in [6.45, 7) is 5.74. The van der Waals surface area contributed by atoms with Crippen molar-refractivity contribution in [3.8, 4) is 0 Å². The van der Waals surface area contributed by atoms with Gasteiger partial charge in [0.1, 0.15) is 0 Å². The first-order valence-corrected chi connectivity index (χ1v) is 6.29. The Morgan fingerprint density at radius 1 is 1.57 bits per heavy atom. The summed E-state index contributed by atoms with van der Waals surface area (Å²) < 4.78 is 22.6. The van der Waals surface area contributed by atoms with Gasteiger partial charge >= 0.3 is 0 Å². The van der Waals surface area contributed by atoms with Crippen LogP contribution in [0.3, 0.4) is 0 Å². The highest BCUT2D eigenvalue weighted by molar-refractivity contribution is 7.91. The zero-order valence-electron chi connectivity index (χ0n) is 8.27. The molecule has 0 bridgehead atoms. The predicted molar refractivity (Wildman–Crippen MR) is 54.6 cm³/mol. The van der Waals surface area contributed by atoms with Crippen molar-refractivity contribution < 1.29 is 13.2 Å². The second-order valence-electron chi connectivity index (χ2n) is 3.89. The molecule has 0 saturated carbocycles. The normalized spacial score (nSPS) is 29.8. The van der Waals surface area contributed by atoms with Gasteiger partial charge in [0.15, 0.2) is 9.84 Å². The summed E-state index contributed by atoms with van der Waals surface area (Å²) in [4.78, 5) is 12.3. The summed E-state index contributed by atoms with van der Waals surface area (Å²) in [5, 5.41) is 0. The van der Waals surface area contributed by atoms with Gasteiger partial charge in [-0.05, 0) is 13.3 Å². The molecule has 14 heavy (non-hydrogen) atoms. The Hall–Kier alpha value is -0.840. The first kappa shape index (κ1) is 11.2. The van der Waals surface area contributed by atoms with Crippen molar-refractivity contribution in [1.82, 2.24) is 4.90 Å². The second kappa shape index (κ2) is 3.73. The van der Waals surface area contributed by atoms with Gasteiger partial charge in [-0.3, -0.25) is 4.79 Å². The van der Waals surface area contributed by atoms with Crippen molar-refractivity contribution >= 4 is 16.2 Å². The van der Waals surface area contributed by atoms with Crippen molar-refractivity contribution in [2.75, 3.05) is 18.1 Å². The van der Waals surface area contributed by atoms with E-state index < -0.39 is 15.4 Å². The lowest BCUT2D eigenvalue weighted by Gasteiger charge is -2.33. The molecule has 1 heterocycles. The van der Waals surface area contributed by atoms with Crippen molar-refractivity contribution in [2.45, 2.75) is 18.9 Å². The first-order chi connectivity index (χ1) is 6.43. The zero-order valence-corrected chi connectivity index (χ0v) is 9.09. The van der Waals surface area contributed by atoms with Gasteiger partial charge < -0.3 is 4.90 Å². The molecule has 1 aliphatic heterocycles. The molecule has 0 aromatic rings. The summed E-state index contributed by atoms with van der Waals surface area (Å²) in [5.74, 6) is 0.234. The van der Waals surface area contributed by atoms with Gasteiger partial charge in [0.2, 0.25) is 6.41 Å². The molecule has 1 fully saturated rings. The Morgan fingerprint density at radius 3 is 2.57 bits per heavy atom. The van der Waals surface area contributed by atoms with E-state index in [4.69, 9.17) is 0 Å². The molecule has 4 nitrogen and oxygen atoms in total. The summed E-state index contributed by atoms with van der Waals surface area (Å²) in [6.07, 6.45) is 2.81. The van der Waals surface area contributed by atoms with Gasteiger partial charge in [-0.2, -0.15) is 0 Å². The molecule has 0 unspecified atom stereocenters. The van der Waals surface area contributed by atoms with Crippen LogP contribution in [-0.4, -0.2) is 43.3 Å². The molecule has 1 saturated heterocycles. The van der Waals surface area contributed by atoms with E-state index >= 15 is 0 Å². The number of rotatable bonds is 4. The molecule has 1 rings (SSSR count). The van der Waals surface area contributed by atoms with Gasteiger partial charge in [0.25, 0.3) is 0 Å². The fraction of sp³-hybridized carbons (Fsp3) is 0.667. The van der Waals surface area contributed by atoms with E-state index in [1.54, 1.807) is 13.0 Å². The van der Waals surface area contributed by atoms with Crippen LogP contribution in [0.1, 0.15) is 13.3 Å². The minimum absolute atomic E-state index is 0.0621. The molecule has 0 aromatic carbocycles. The average Bonchev–Trinajstić information content (AvgIpc) is 2.37. The minimum Gasteiger partial charge on any atom is -0.335 e. The Bertz CT molecular complexity index is 336. The maximum atomic E-state index is 11.3. The van der Waals surface area contributed by atoms with E-state index in [0.29, 0.717) is 19.4 Å². The summed E-state index contributed by atoms with van der Waals surface area (Å²) in [6, 6.07) is 0. The van der Waals surface area contributed by atoms with E-state index in [1.165, 1.54) is 4.90 Å². The van der Waals surface area contributed by atoms with E-state index in [9.17, 15) is 13.2 Å². The van der Waals surface area contributed by atoms with Gasteiger partial charge in [-0.15, -0.1) is 6.58 Å². The van der Waals surface area contributed by atoms with Crippen molar-refractivity contribution in [3.63, 3.8) is 0 Å². The third-order valence-corrected chi connectivity index (χ3v) is 4.52. The SMILES string of the molecule is C=CCN(C=O)[C@@]1(C)CCS(=O)(=O)C1. The number of carbonyl (C=O) groups is 1. The van der Waals surface area contributed by atoms with Crippen LogP contribution < -0.4 is 0 Å². The Balaban J connectivity index is 2.85. The van der Waals surface area contributed by atoms with Crippen LogP contribution in [0.25, 0.3) is 0 Å². The summed E-state index contributed by atoms with van der Waals surface area (Å²) >= 11 is 0. The molecule has 80 valence electrons. The fourth-order valence-electron chi connectivity index (χ4n) is 1.75. The lowest BCUT2D eigenvalue weighted by Crippen LogP contribution is -2.46. The van der Waals surface area contributed by atoms with Gasteiger partial charge in [-0.25, -0.2) is 8.42 Å². The number of hydrogen-bond acceptors (Lipinski definition) is 3. The highest BCUT2D eigenvalue weighted by Gasteiger charge is 2.41. The molecular formula is C9H15NO3S. The van der Waals surface area contributed by atoms with Crippen LogP contribution in [0.2, 0.25) is 0 Å². The van der Waals surface area contributed by atoms with Gasteiger partial charge in [0.05, 0.1) is 17.0 Å². The molecule has 0 aromatic heterocycles. The maximum Gasteiger partial charge on any atom is 0.210 e. The van der Waals surface area contributed by atoms with Crippen molar-refractivity contribution in [2.24, 2.45) is 0 Å². The van der Waals surface area contributed by atoms with E-state index in [0.717, 1.165) is 0 Å². The van der Waals surface area contributed by atoms with Crippen LogP contribution in [0.15, 0.2) is 12.7 Å². The summed E-state index contributed by atoms with van der Waals surface area (Å²) in [7, 11) is -2.96. The molecule has 0 spiro atoms. The van der Waals surface area contributed by atoms with Crippen LogP contribution in [0, 0.1) is 0 Å². The minimum atomic E-state index is -2.96. The molecule has 5 heteroatoms. The van der Waals surface area contributed by atoms with Crippen LogP contribution in [-0.2, 0) is 14.6 Å². The van der Waals surface area contributed by atoms with Crippen LogP contribution in [0.5, 0.6) is 0 Å². The first-order valence-electron chi connectivity index (χ1n) is 4.47. The highest BCUT2D eigenvalue weighted by Crippen LogP contribution is 2.28. The third kappa shape index (κ3) is 2.15. The molecule has 0 N–H and O–H groups in total. The topological polar surface area (TPSA) is 54.5 Å². The maximum absolute atomic E-state index is 11.3. The number of amides is 1. The Labute approximate surface area is 84.5 Å². The molecule has 0 aliphatic carbocycles. The smallest absolute Gasteiger partial charge is 0.210 e. The van der Waals surface area contributed by atoms with Crippen molar-refractivity contribution in [1.29, 1.82) is 0 Å². The van der Waals surface area contributed by atoms with Crippen LogP contribution >= 0.6 is 0 Å². The van der Waals surface area contributed by atoms with Crippen molar-refractivity contribution in [3.05, 3.63) is 12.7 Å². The second-order valence-corrected chi connectivity index (χ2v) is 6.07. The third-order valence-electron chi connectivity index (χ3n) is 2.63. The molecule has 1 aliphatic rings. The molecule has 0 radical (unpaired) electrons. The lowest BCUT2D eigenvalue weighted by molar-refractivity contribution is -0.121. The largest absolute Gasteiger partial charge is 0.335 e. The molecule has 1 atom stereocenters. The monoisotopic (exact) mass is 217 g/mol. The average molecular weight is 217 g/mol. The standard InChI is InChI=1S/C9H15NO3S/c1-3-5-10(8-11)9(2)4-6-14(12,13)7-9/h3,8H,1,4-7H2,2H3/t9-/m0/s1. The van der Waals surface area contributed by atoms with E-state index in [2.05, 4.69) is 6.58 Å². The van der Waals surface area contributed by atoms with Gasteiger partial charge in [-0.1, -0.05) is 6.08 Å². The number of hydrogen-bond donors (Lipinski definition) is 0. The van der Waals surface area contributed by atoms with Crippen LogP contribution in [0.4, 0.5) is 0 Å². The van der Waals surface area contributed by atoms with E-state index in [1.807, 2.05) is 0 Å². The number of carbonyl (C=O) groups excluding carboxylic acids is 1. The lowest BCUT2D eigenvalue weighted by atomic mass is 10.00. The number of nitrogens with zero attached hydrogens (tertiary/aromatic N) is 1.